The lowest BCUT2D eigenvalue weighted by Gasteiger charge is -2.32. The van der Waals surface area contributed by atoms with Gasteiger partial charge in [0, 0.05) is 32.1 Å². The van der Waals surface area contributed by atoms with Crippen molar-refractivity contribution in [3.05, 3.63) is 27.8 Å². The van der Waals surface area contributed by atoms with E-state index in [4.69, 9.17) is 0 Å². The van der Waals surface area contributed by atoms with E-state index in [2.05, 4.69) is 10.0 Å². The maximum atomic E-state index is 12.9. The first-order valence-electron chi connectivity index (χ1n) is 9.61. The van der Waals surface area contributed by atoms with Gasteiger partial charge in [0.15, 0.2) is 0 Å². The Labute approximate surface area is 175 Å². The molecule has 28 heavy (non-hydrogen) atoms. The van der Waals surface area contributed by atoms with Gasteiger partial charge in [0.25, 0.3) is 0 Å². The standard InChI is InChI=1S/C20H33N3O3S.ClH/c1-13-14(2)16(4)20(17(5)15(13)3)27(25,26)22-10-9-19(24)23-11-7-8-18(12-23)21-6;/h18,21-22H,7-12H2,1-6H3;1H. The smallest absolute Gasteiger partial charge is 0.241 e. The molecule has 1 aliphatic heterocycles. The van der Waals surface area contributed by atoms with Crippen molar-refractivity contribution >= 4 is 28.3 Å². The number of rotatable bonds is 6. The van der Waals surface area contributed by atoms with Crippen LogP contribution in [-0.4, -0.2) is 51.9 Å². The van der Waals surface area contributed by atoms with Crippen molar-refractivity contribution in [1.29, 1.82) is 0 Å². The van der Waals surface area contributed by atoms with Gasteiger partial charge >= 0.3 is 0 Å². The van der Waals surface area contributed by atoms with Gasteiger partial charge in [-0.15, -0.1) is 12.4 Å². The number of amides is 1. The number of sulfonamides is 1. The van der Waals surface area contributed by atoms with Gasteiger partial charge in [-0.25, -0.2) is 13.1 Å². The van der Waals surface area contributed by atoms with E-state index in [1.165, 1.54) is 0 Å². The van der Waals surface area contributed by atoms with Gasteiger partial charge in [-0.2, -0.15) is 0 Å². The van der Waals surface area contributed by atoms with Crippen molar-refractivity contribution in [2.75, 3.05) is 26.7 Å². The molecular weight excluding hydrogens is 398 g/mol. The molecule has 0 radical (unpaired) electrons. The summed E-state index contributed by atoms with van der Waals surface area (Å²) in [4.78, 5) is 14.6. The monoisotopic (exact) mass is 431 g/mol. The predicted octanol–water partition coefficient (Wildman–Crippen LogP) is 2.53. The maximum Gasteiger partial charge on any atom is 0.241 e. The van der Waals surface area contributed by atoms with Crippen molar-refractivity contribution in [2.45, 2.75) is 64.8 Å². The first kappa shape index (κ1) is 24.9. The van der Waals surface area contributed by atoms with E-state index in [9.17, 15) is 13.2 Å². The predicted molar refractivity (Wildman–Crippen MR) is 116 cm³/mol. The lowest BCUT2D eigenvalue weighted by Crippen LogP contribution is -2.47. The summed E-state index contributed by atoms with van der Waals surface area (Å²) in [6, 6.07) is 0.322. The van der Waals surface area contributed by atoms with E-state index >= 15 is 0 Å². The number of hydrogen-bond donors (Lipinski definition) is 2. The highest BCUT2D eigenvalue weighted by molar-refractivity contribution is 7.89. The highest BCUT2D eigenvalue weighted by Crippen LogP contribution is 2.29. The average molecular weight is 432 g/mol. The normalized spacial score (nSPS) is 17.4. The van der Waals surface area contributed by atoms with Gasteiger partial charge in [0.2, 0.25) is 15.9 Å². The molecule has 0 saturated carbocycles. The quantitative estimate of drug-likeness (QED) is 0.725. The van der Waals surface area contributed by atoms with Gasteiger partial charge in [-0.05, 0) is 82.3 Å². The van der Waals surface area contributed by atoms with Crippen molar-refractivity contribution in [2.24, 2.45) is 0 Å². The van der Waals surface area contributed by atoms with Crippen molar-refractivity contribution in [3.63, 3.8) is 0 Å². The third-order valence-corrected chi connectivity index (χ3v) is 7.75. The van der Waals surface area contributed by atoms with Gasteiger partial charge in [0.05, 0.1) is 4.90 Å². The van der Waals surface area contributed by atoms with Gasteiger partial charge in [-0.1, -0.05) is 0 Å². The highest BCUT2D eigenvalue weighted by Gasteiger charge is 2.25. The molecule has 0 aromatic heterocycles. The van der Waals surface area contributed by atoms with E-state index in [1.54, 1.807) is 0 Å². The summed E-state index contributed by atoms with van der Waals surface area (Å²) in [6.07, 6.45) is 2.22. The van der Waals surface area contributed by atoms with Gasteiger partial charge in [0.1, 0.15) is 0 Å². The molecule has 0 bridgehead atoms. The van der Waals surface area contributed by atoms with E-state index in [0.717, 1.165) is 47.2 Å². The van der Waals surface area contributed by atoms with Crippen LogP contribution in [0.15, 0.2) is 4.90 Å². The Kier molecular flexibility index (Phi) is 8.93. The number of carbonyl (C=O) groups is 1. The molecular formula is C20H34ClN3O3S. The number of nitrogens with zero attached hydrogens (tertiary/aromatic N) is 1. The van der Waals surface area contributed by atoms with Crippen molar-refractivity contribution < 1.29 is 13.2 Å². The fourth-order valence-electron chi connectivity index (χ4n) is 3.83. The molecule has 1 heterocycles. The molecule has 1 aliphatic rings. The van der Waals surface area contributed by atoms with Crippen LogP contribution < -0.4 is 10.0 Å². The largest absolute Gasteiger partial charge is 0.341 e. The Hall–Kier alpha value is -1.15. The molecule has 1 amide bonds. The van der Waals surface area contributed by atoms with Crippen LogP contribution in [0.2, 0.25) is 0 Å². The topological polar surface area (TPSA) is 78.5 Å². The molecule has 1 unspecified atom stereocenters. The molecule has 1 saturated heterocycles. The van der Waals surface area contributed by atoms with E-state index in [1.807, 2.05) is 46.6 Å². The third-order valence-electron chi connectivity index (χ3n) is 6.01. The van der Waals surface area contributed by atoms with Crippen LogP contribution in [0, 0.1) is 34.6 Å². The van der Waals surface area contributed by atoms with Crippen LogP contribution in [0.3, 0.4) is 0 Å². The SMILES string of the molecule is CNC1CCCN(C(=O)CCNS(=O)(=O)c2c(C)c(C)c(C)c(C)c2C)C1.Cl. The highest BCUT2D eigenvalue weighted by atomic mass is 35.5. The molecule has 1 aromatic rings. The summed E-state index contributed by atoms with van der Waals surface area (Å²) in [7, 11) is -1.75. The van der Waals surface area contributed by atoms with Crippen molar-refractivity contribution in [1.82, 2.24) is 14.9 Å². The molecule has 8 heteroatoms. The van der Waals surface area contributed by atoms with E-state index in [0.29, 0.717) is 17.5 Å². The molecule has 6 nitrogen and oxygen atoms in total. The third kappa shape index (κ3) is 5.26. The molecule has 2 N–H and O–H groups in total. The first-order chi connectivity index (χ1) is 12.6. The second-order valence-electron chi connectivity index (χ2n) is 7.57. The minimum absolute atomic E-state index is 0. The number of nitrogens with one attached hydrogen (secondary N) is 2. The molecule has 160 valence electrons. The Balaban J connectivity index is 0.00000392. The maximum absolute atomic E-state index is 12.9. The van der Waals surface area contributed by atoms with E-state index in [-0.39, 0.29) is 31.3 Å². The fourth-order valence-corrected chi connectivity index (χ4v) is 5.46. The zero-order valence-electron chi connectivity index (χ0n) is 17.8. The van der Waals surface area contributed by atoms with Gasteiger partial charge in [-0.3, -0.25) is 4.79 Å². The summed E-state index contributed by atoms with van der Waals surface area (Å²) in [5.41, 5.74) is 4.69. The molecule has 0 spiro atoms. The number of piperidine rings is 1. The van der Waals surface area contributed by atoms with Crippen LogP contribution in [-0.2, 0) is 14.8 Å². The van der Waals surface area contributed by atoms with Crippen LogP contribution in [0.4, 0.5) is 0 Å². The summed E-state index contributed by atoms with van der Waals surface area (Å²) in [6.45, 7) is 11.2. The van der Waals surface area contributed by atoms with Gasteiger partial charge < -0.3 is 10.2 Å². The number of hydrogen-bond acceptors (Lipinski definition) is 4. The molecule has 0 aliphatic carbocycles. The first-order valence-corrected chi connectivity index (χ1v) is 11.1. The molecule has 1 aromatic carbocycles. The number of halogens is 1. The van der Waals surface area contributed by atoms with Crippen LogP contribution in [0.5, 0.6) is 0 Å². The zero-order chi connectivity index (χ0) is 20.4. The second-order valence-corrected chi connectivity index (χ2v) is 9.27. The summed E-state index contributed by atoms with van der Waals surface area (Å²) in [5.74, 6) is 0.00219. The zero-order valence-corrected chi connectivity index (χ0v) is 19.4. The Morgan fingerprint density at radius 1 is 1.04 bits per heavy atom. The second kappa shape index (κ2) is 10.1. The summed E-state index contributed by atoms with van der Waals surface area (Å²) < 4.78 is 28.4. The Bertz CT molecular complexity index is 795. The summed E-state index contributed by atoms with van der Waals surface area (Å²) >= 11 is 0. The Morgan fingerprint density at radius 2 is 1.57 bits per heavy atom. The molecule has 1 atom stereocenters. The van der Waals surface area contributed by atoms with Crippen LogP contribution >= 0.6 is 12.4 Å². The van der Waals surface area contributed by atoms with E-state index < -0.39 is 10.0 Å². The number of likely N-dealkylation sites (tertiary alicyclic amines) is 1. The van der Waals surface area contributed by atoms with Crippen molar-refractivity contribution in [3.8, 4) is 0 Å². The lowest BCUT2D eigenvalue weighted by molar-refractivity contribution is -0.132. The number of benzene rings is 1. The molecule has 1 fully saturated rings. The minimum Gasteiger partial charge on any atom is -0.341 e. The van der Waals surface area contributed by atoms with Crippen LogP contribution in [0.1, 0.15) is 47.1 Å². The average Bonchev–Trinajstić information content (AvgIpc) is 2.64. The minimum atomic E-state index is -3.66. The molecule has 2 rings (SSSR count). The number of likely N-dealkylation sites (N-methyl/N-ethyl adjacent to an activating group) is 1. The van der Waals surface area contributed by atoms with Crippen LogP contribution in [0.25, 0.3) is 0 Å². The number of carbonyl (C=O) groups excluding carboxylic acids is 1. The fraction of sp³-hybridized carbons (Fsp3) is 0.650. The summed E-state index contributed by atoms with van der Waals surface area (Å²) in [5, 5.41) is 3.21. The Morgan fingerprint density at radius 3 is 2.11 bits per heavy atom. The lowest BCUT2D eigenvalue weighted by atomic mass is 9.95.